The first-order valence-electron chi connectivity index (χ1n) is 9.01. The highest BCUT2D eigenvalue weighted by atomic mass is 32.2. The fourth-order valence-corrected chi connectivity index (χ4v) is 3.58. The van der Waals surface area contributed by atoms with E-state index in [1.807, 2.05) is 24.3 Å². The highest BCUT2D eigenvalue weighted by molar-refractivity contribution is 7.99. The van der Waals surface area contributed by atoms with Crippen LogP contribution in [0.25, 0.3) is 11.3 Å². The SMILES string of the molecule is NC(=O)c1ccc(Nc2nccc(-c3ccc(Sc4ccccc4)cc3)n2)cc1. The van der Waals surface area contributed by atoms with Crippen molar-refractivity contribution in [1.29, 1.82) is 0 Å². The summed E-state index contributed by atoms with van der Waals surface area (Å²) >= 11 is 1.72. The van der Waals surface area contributed by atoms with Crippen LogP contribution in [0.15, 0.2) is 101 Å². The minimum absolute atomic E-state index is 0.455. The van der Waals surface area contributed by atoms with E-state index in [-0.39, 0.29) is 0 Å². The Hall–Kier alpha value is -3.64. The van der Waals surface area contributed by atoms with E-state index in [0.29, 0.717) is 11.5 Å². The molecule has 0 fully saturated rings. The molecular formula is C23H18N4OS. The van der Waals surface area contributed by atoms with Crippen LogP contribution in [-0.2, 0) is 0 Å². The van der Waals surface area contributed by atoms with Crippen molar-refractivity contribution in [1.82, 2.24) is 9.97 Å². The first-order valence-corrected chi connectivity index (χ1v) is 9.82. The lowest BCUT2D eigenvalue weighted by Gasteiger charge is -2.08. The molecule has 4 rings (SSSR count). The van der Waals surface area contributed by atoms with Gasteiger partial charge in [0.2, 0.25) is 11.9 Å². The van der Waals surface area contributed by atoms with Crippen LogP contribution in [0.2, 0.25) is 0 Å². The van der Waals surface area contributed by atoms with Gasteiger partial charge >= 0.3 is 0 Å². The van der Waals surface area contributed by atoms with Crippen LogP contribution >= 0.6 is 11.8 Å². The lowest BCUT2D eigenvalue weighted by molar-refractivity contribution is 0.100. The summed E-state index contributed by atoms with van der Waals surface area (Å²) in [6.07, 6.45) is 1.72. The number of primary amides is 1. The van der Waals surface area contributed by atoms with Crippen LogP contribution < -0.4 is 11.1 Å². The molecule has 0 aliphatic carbocycles. The molecule has 1 amide bonds. The molecule has 29 heavy (non-hydrogen) atoms. The Morgan fingerprint density at radius 2 is 1.52 bits per heavy atom. The second-order valence-electron chi connectivity index (χ2n) is 6.27. The summed E-state index contributed by atoms with van der Waals surface area (Å²) in [5.41, 5.74) is 8.34. The first kappa shape index (κ1) is 18.7. The topological polar surface area (TPSA) is 80.9 Å². The summed E-state index contributed by atoms with van der Waals surface area (Å²) in [6, 6.07) is 27.3. The van der Waals surface area contributed by atoms with Crippen molar-refractivity contribution in [3.05, 3.63) is 96.7 Å². The van der Waals surface area contributed by atoms with E-state index in [1.54, 1.807) is 42.2 Å². The Morgan fingerprint density at radius 1 is 0.828 bits per heavy atom. The molecule has 0 spiro atoms. The molecule has 0 radical (unpaired) electrons. The summed E-state index contributed by atoms with van der Waals surface area (Å²) in [5, 5.41) is 3.15. The number of nitrogens with one attached hydrogen (secondary N) is 1. The zero-order valence-electron chi connectivity index (χ0n) is 15.4. The third-order valence-electron chi connectivity index (χ3n) is 4.21. The molecule has 5 nitrogen and oxygen atoms in total. The Bertz CT molecular complexity index is 1110. The van der Waals surface area contributed by atoms with Crippen molar-refractivity contribution in [3.63, 3.8) is 0 Å². The summed E-state index contributed by atoms with van der Waals surface area (Å²) in [5.74, 6) is 0.0285. The summed E-state index contributed by atoms with van der Waals surface area (Å²) in [6.45, 7) is 0. The third kappa shape index (κ3) is 4.80. The van der Waals surface area contributed by atoms with Crippen LogP contribution in [0.3, 0.4) is 0 Å². The summed E-state index contributed by atoms with van der Waals surface area (Å²) in [4.78, 5) is 22.4. The van der Waals surface area contributed by atoms with Crippen molar-refractivity contribution >= 4 is 29.3 Å². The number of anilines is 2. The number of benzene rings is 3. The highest BCUT2D eigenvalue weighted by Crippen LogP contribution is 2.29. The van der Waals surface area contributed by atoms with Gasteiger partial charge in [0, 0.05) is 32.8 Å². The van der Waals surface area contributed by atoms with E-state index in [0.717, 1.165) is 16.9 Å². The summed E-state index contributed by atoms with van der Waals surface area (Å²) in [7, 11) is 0. The first-order chi connectivity index (χ1) is 14.2. The van der Waals surface area contributed by atoms with E-state index in [4.69, 9.17) is 5.73 Å². The number of nitrogens with zero attached hydrogens (tertiary/aromatic N) is 2. The molecule has 6 heteroatoms. The molecule has 3 N–H and O–H groups in total. The van der Waals surface area contributed by atoms with Gasteiger partial charge < -0.3 is 11.1 Å². The molecule has 3 aromatic carbocycles. The number of aromatic nitrogens is 2. The van der Waals surface area contributed by atoms with Gasteiger partial charge in [-0.2, -0.15) is 0 Å². The van der Waals surface area contributed by atoms with E-state index < -0.39 is 5.91 Å². The Balaban J connectivity index is 1.48. The molecule has 0 aliphatic rings. The number of carbonyl (C=O) groups is 1. The van der Waals surface area contributed by atoms with Gasteiger partial charge in [-0.25, -0.2) is 9.97 Å². The lowest BCUT2D eigenvalue weighted by atomic mass is 10.1. The van der Waals surface area contributed by atoms with Gasteiger partial charge in [-0.05, 0) is 54.6 Å². The van der Waals surface area contributed by atoms with Crippen molar-refractivity contribution in [2.24, 2.45) is 5.73 Å². The van der Waals surface area contributed by atoms with Crippen molar-refractivity contribution < 1.29 is 4.79 Å². The predicted molar refractivity (Wildman–Crippen MR) is 116 cm³/mol. The van der Waals surface area contributed by atoms with Crippen LogP contribution in [0.4, 0.5) is 11.6 Å². The summed E-state index contributed by atoms with van der Waals surface area (Å²) < 4.78 is 0. The van der Waals surface area contributed by atoms with Crippen molar-refractivity contribution in [2.75, 3.05) is 5.32 Å². The standard InChI is InChI=1S/C23H18N4OS/c24-22(28)17-6-10-18(11-7-17)26-23-25-15-14-21(27-23)16-8-12-20(13-9-16)29-19-4-2-1-3-5-19/h1-15H,(H2,24,28)(H,25,26,27). The Labute approximate surface area is 173 Å². The largest absolute Gasteiger partial charge is 0.366 e. The van der Waals surface area contributed by atoms with E-state index in [1.165, 1.54) is 9.79 Å². The quantitative estimate of drug-likeness (QED) is 0.470. The second-order valence-corrected chi connectivity index (χ2v) is 7.42. The van der Waals surface area contributed by atoms with Gasteiger partial charge in [0.25, 0.3) is 0 Å². The van der Waals surface area contributed by atoms with Gasteiger partial charge in [0.05, 0.1) is 5.69 Å². The molecule has 0 aliphatic heterocycles. The van der Waals surface area contributed by atoms with Crippen LogP contribution in [0, 0.1) is 0 Å². The molecular weight excluding hydrogens is 380 g/mol. The number of hydrogen-bond donors (Lipinski definition) is 2. The Kier molecular flexibility index (Phi) is 5.54. The minimum Gasteiger partial charge on any atom is -0.366 e. The van der Waals surface area contributed by atoms with Gasteiger partial charge in [-0.1, -0.05) is 42.1 Å². The monoisotopic (exact) mass is 398 g/mol. The average molecular weight is 398 g/mol. The molecule has 0 bridgehead atoms. The number of amides is 1. The number of rotatable bonds is 6. The number of carbonyl (C=O) groups excluding carboxylic acids is 1. The highest BCUT2D eigenvalue weighted by Gasteiger charge is 2.05. The van der Waals surface area contributed by atoms with Gasteiger partial charge in [-0.3, -0.25) is 4.79 Å². The molecule has 0 saturated carbocycles. The van der Waals surface area contributed by atoms with Crippen LogP contribution in [-0.4, -0.2) is 15.9 Å². The van der Waals surface area contributed by atoms with Gasteiger partial charge in [-0.15, -0.1) is 0 Å². The maximum atomic E-state index is 11.2. The fraction of sp³-hybridized carbons (Fsp3) is 0. The van der Waals surface area contributed by atoms with E-state index >= 15 is 0 Å². The second kappa shape index (κ2) is 8.58. The molecule has 0 saturated heterocycles. The van der Waals surface area contributed by atoms with Crippen molar-refractivity contribution in [3.8, 4) is 11.3 Å². The average Bonchev–Trinajstić information content (AvgIpc) is 2.76. The smallest absolute Gasteiger partial charge is 0.248 e. The van der Waals surface area contributed by atoms with Gasteiger partial charge in [0.15, 0.2) is 0 Å². The lowest BCUT2D eigenvalue weighted by Crippen LogP contribution is -2.10. The normalized spacial score (nSPS) is 10.5. The predicted octanol–water partition coefficient (Wildman–Crippen LogP) is 5.14. The number of nitrogens with two attached hydrogens (primary N) is 1. The molecule has 1 aromatic heterocycles. The molecule has 1 heterocycles. The van der Waals surface area contributed by atoms with Gasteiger partial charge in [0.1, 0.15) is 0 Å². The fourth-order valence-electron chi connectivity index (χ4n) is 2.74. The maximum absolute atomic E-state index is 11.2. The third-order valence-corrected chi connectivity index (χ3v) is 5.23. The molecule has 0 unspecified atom stereocenters. The molecule has 4 aromatic rings. The Morgan fingerprint density at radius 3 is 2.21 bits per heavy atom. The number of hydrogen-bond acceptors (Lipinski definition) is 5. The minimum atomic E-state index is -0.455. The maximum Gasteiger partial charge on any atom is 0.248 e. The molecule has 142 valence electrons. The van der Waals surface area contributed by atoms with E-state index in [2.05, 4.69) is 51.7 Å². The van der Waals surface area contributed by atoms with Crippen molar-refractivity contribution in [2.45, 2.75) is 9.79 Å². The van der Waals surface area contributed by atoms with E-state index in [9.17, 15) is 4.79 Å². The van der Waals surface area contributed by atoms with Crippen LogP contribution in [0.1, 0.15) is 10.4 Å². The van der Waals surface area contributed by atoms with Crippen LogP contribution in [0.5, 0.6) is 0 Å². The zero-order valence-corrected chi connectivity index (χ0v) is 16.3. The molecule has 0 atom stereocenters. The zero-order chi connectivity index (χ0) is 20.1.